The molecule has 0 saturated carbocycles. The maximum Gasteiger partial charge on any atom is 0.123 e. The fourth-order valence-corrected chi connectivity index (χ4v) is 1.38. The minimum absolute atomic E-state index is 0.716. The summed E-state index contributed by atoms with van der Waals surface area (Å²) in [5.41, 5.74) is 1.22. The van der Waals surface area contributed by atoms with Gasteiger partial charge in [-0.1, -0.05) is 18.2 Å². The van der Waals surface area contributed by atoms with E-state index in [-0.39, 0.29) is 0 Å². The van der Waals surface area contributed by atoms with Gasteiger partial charge in [0.05, 0.1) is 6.61 Å². The molecule has 0 amide bonds. The van der Waals surface area contributed by atoms with E-state index in [0.717, 1.165) is 25.4 Å². The molecule has 0 heterocycles. The lowest BCUT2D eigenvalue weighted by molar-refractivity contribution is 0.335. The van der Waals surface area contributed by atoms with Crippen LogP contribution in [0.5, 0.6) is 5.75 Å². The van der Waals surface area contributed by atoms with Crippen molar-refractivity contribution in [3.8, 4) is 5.75 Å². The number of ether oxygens (including phenoxy) is 1. The molecule has 0 saturated heterocycles. The van der Waals surface area contributed by atoms with Crippen LogP contribution in [-0.4, -0.2) is 26.7 Å². The number of para-hydroxylation sites is 1. The van der Waals surface area contributed by atoms with Crippen molar-refractivity contribution in [1.29, 1.82) is 0 Å². The molecule has 0 unspecified atom stereocenters. The standard InChI is InChI=1S/C12H20N2O/c1-3-15-12-7-5-4-6-11(12)10-14-9-8-13-2/h4-7,13-14H,3,8-10H2,1-2H3. The zero-order chi connectivity index (χ0) is 10.9. The van der Waals surface area contributed by atoms with Gasteiger partial charge < -0.3 is 15.4 Å². The topological polar surface area (TPSA) is 33.3 Å². The number of rotatable bonds is 7. The van der Waals surface area contributed by atoms with E-state index in [0.29, 0.717) is 6.61 Å². The Labute approximate surface area is 91.8 Å². The molecule has 0 bridgehead atoms. The summed E-state index contributed by atoms with van der Waals surface area (Å²) < 4.78 is 5.54. The first-order chi connectivity index (χ1) is 7.38. The second kappa shape index (κ2) is 7.26. The van der Waals surface area contributed by atoms with E-state index in [1.54, 1.807) is 0 Å². The second-order valence-electron chi connectivity index (χ2n) is 3.32. The van der Waals surface area contributed by atoms with Gasteiger partial charge in [0.1, 0.15) is 5.75 Å². The van der Waals surface area contributed by atoms with Gasteiger partial charge in [-0.25, -0.2) is 0 Å². The van der Waals surface area contributed by atoms with E-state index in [2.05, 4.69) is 16.7 Å². The molecule has 0 aliphatic heterocycles. The molecule has 0 spiro atoms. The first kappa shape index (κ1) is 12.0. The lowest BCUT2D eigenvalue weighted by Crippen LogP contribution is -2.24. The third-order valence-corrected chi connectivity index (χ3v) is 2.14. The van der Waals surface area contributed by atoms with E-state index in [9.17, 15) is 0 Å². The van der Waals surface area contributed by atoms with Crippen LogP contribution in [0.15, 0.2) is 24.3 Å². The summed E-state index contributed by atoms with van der Waals surface area (Å²) in [5, 5.41) is 6.46. The Morgan fingerprint density at radius 3 is 2.73 bits per heavy atom. The van der Waals surface area contributed by atoms with Crippen molar-refractivity contribution < 1.29 is 4.74 Å². The van der Waals surface area contributed by atoms with Gasteiger partial charge in [-0.15, -0.1) is 0 Å². The molecule has 0 atom stereocenters. The van der Waals surface area contributed by atoms with Crippen LogP contribution in [0.3, 0.4) is 0 Å². The molecular formula is C12H20N2O. The summed E-state index contributed by atoms with van der Waals surface area (Å²) in [6, 6.07) is 8.15. The molecule has 3 heteroatoms. The van der Waals surface area contributed by atoms with Crippen LogP contribution >= 0.6 is 0 Å². The summed E-state index contributed by atoms with van der Waals surface area (Å²) in [6.45, 7) is 5.53. The molecule has 1 aromatic carbocycles. The molecule has 0 fully saturated rings. The monoisotopic (exact) mass is 208 g/mol. The van der Waals surface area contributed by atoms with Crippen molar-refractivity contribution in [2.24, 2.45) is 0 Å². The van der Waals surface area contributed by atoms with Gasteiger partial charge in [0.25, 0.3) is 0 Å². The SMILES string of the molecule is CCOc1ccccc1CNCCNC. The summed E-state index contributed by atoms with van der Waals surface area (Å²) in [6.07, 6.45) is 0. The van der Waals surface area contributed by atoms with Crippen molar-refractivity contribution >= 4 is 0 Å². The molecule has 2 N–H and O–H groups in total. The Bertz CT molecular complexity index is 276. The summed E-state index contributed by atoms with van der Waals surface area (Å²) in [4.78, 5) is 0. The predicted octanol–water partition coefficient (Wildman–Crippen LogP) is 1.39. The number of hydrogen-bond acceptors (Lipinski definition) is 3. The van der Waals surface area contributed by atoms with Crippen molar-refractivity contribution in [3.05, 3.63) is 29.8 Å². The van der Waals surface area contributed by atoms with E-state index in [4.69, 9.17) is 4.74 Å². The number of hydrogen-bond donors (Lipinski definition) is 2. The zero-order valence-electron chi connectivity index (χ0n) is 9.55. The van der Waals surface area contributed by atoms with Crippen LogP contribution in [0.1, 0.15) is 12.5 Å². The maximum atomic E-state index is 5.54. The largest absolute Gasteiger partial charge is 0.494 e. The fourth-order valence-electron chi connectivity index (χ4n) is 1.38. The molecule has 0 radical (unpaired) electrons. The molecule has 1 aromatic rings. The molecule has 3 nitrogen and oxygen atoms in total. The lowest BCUT2D eigenvalue weighted by Gasteiger charge is -2.10. The van der Waals surface area contributed by atoms with Crippen molar-refractivity contribution in [1.82, 2.24) is 10.6 Å². The van der Waals surface area contributed by atoms with E-state index >= 15 is 0 Å². The minimum atomic E-state index is 0.716. The zero-order valence-corrected chi connectivity index (χ0v) is 9.55. The third kappa shape index (κ3) is 4.32. The Morgan fingerprint density at radius 2 is 2.00 bits per heavy atom. The van der Waals surface area contributed by atoms with Crippen molar-refractivity contribution in [2.75, 3.05) is 26.7 Å². The number of nitrogens with one attached hydrogen (secondary N) is 2. The average Bonchev–Trinajstić information content (AvgIpc) is 2.27. The van der Waals surface area contributed by atoms with Crippen LogP contribution in [0, 0.1) is 0 Å². The van der Waals surface area contributed by atoms with Crippen molar-refractivity contribution in [2.45, 2.75) is 13.5 Å². The van der Waals surface area contributed by atoms with Crippen LogP contribution in [0.25, 0.3) is 0 Å². The van der Waals surface area contributed by atoms with Crippen LogP contribution < -0.4 is 15.4 Å². The molecule has 0 aliphatic carbocycles. The molecule has 84 valence electrons. The van der Waals surface area contributed by atoms with Gasteiger partial charge >= 0.3 is 0 Å². The Kier molecular flexibility index (Phi) is 5.81. The van der Waals surface area contributed by atoms with Crippen LogP contribution in [0.2, 0.25) is 0 Å². The molecule has 15 heavy (non-hydrogen) atoms. The van der Waals surface area contributed by atoms with E-state index in [1.807, 2.05) is 32.2 Å². The van der Waals surface area contributed by atoms with Crippen molar-refractivity contribution in [3.63, 3.8) is 0 Å². The van der Waals surface area contributed by atoms with Gasteiger partial charge in [-0.2, -0.15) is 0 Å². The highest BCUT2D eigenvalue weighted by Crippen LogP contribution is 2.17. The summed E-state index contributed by atoms with van der Waals surface area (Å²) in [5.74, 6) is 0.983. The highest BCUT2D eigenvalue weighted by atomic mass is 16.5. The van der Waals surface area contributed by atoms with Crippen LogP contribution in [-0.2, 0) is 6.54 Å². The molecule has 0 aliphatic rings. The normalized spacial score (nSPS) is 10.3. The fraction of sp³-hybridized carbons (Fsp3) is 0.500. The Balaban J connectivity index is 2.44. The average molecular weight is 208 g/mol. The van der Waals surface area contributed by atoms with Gasteiger partial charge in [0.2, 0.25) is 0 Å². The number of benzene rings is 1. The summed E-state index contributed by atoms with van der Waals surface area (Å²) >= 11 is 0. The smallest absolute Gasteiger partial charge is 0.123 e. The maximum absolute atomic E-state index is 5.54. The second-order valence-corrected chi connectivity index (χ2v) is 3.32. The minimum Gasteiger partial charge on any atom is -0.494 e. The van der Waals surface area contributed by atoms with Gasteiger partial charge in [0.15, 0.2) is 0 Å². The van der Waals surface area contributed by atoms with E-state index < -0.39 is 0 Å². The Hall–Kier alpha value is -1.06. The highest BCUT2D eigenvalue weighted by molar-refractivity contribution is 5.33. The quantitative estimate of drug-likeness (QED) is 0.664. The molecular weight excluding hydrogens is 188 g/mol. The van der Waals surface area contributed by atoms with Gasteiger partial charge in [0, 0.05) is 25.2 Å². The Morgan fingerprint density at radius 1 is 1.20 bits per heavy atom. The third-order valence-electron chi connectivity index (χ3n) is 2.14. The first-order valence-corrected chi connectivity index (χ1v) is 5.44. The number of likely N-dealkylation sites (N-methyl/N-ethyl adjacent to an activating group) is 1. The van der Waals surface area contributed by atoms with Crippen LogP contribution in [0.4, 0.5) is 0 Å². The van der Waals surface area contributed by atoms with Gasteiger partial charge in [-0.3, -0.25) is 0 Å². The lowest BCUT2D eigenvalue weighted by atomic mass is 10.2. The van der Waals surface area contributed by atoms with Gasteiger partial charge in [-0.05, 0) is 20.0 Å². The first-order valence-electron chi connectivity index (χ1n) is 5.44. The molecule has 1 rings (SSSR count). The highest BCUT2D eigenvalue weighted by Gasteiger charge is 2.00. The predicted molar refractivity (Wildman–Crippen MR) is 63.2 cm³/mol. The summed E-state index contributed by atoms with van der Waals surface area (Å²) in [7, 11) is 1.95. The van der Waals surface area contributed by atoms with E-state index in [1.165, 1.54) is 5.56 Å². The molecule has 0 aromatic heterocycles.